The molecule has 0 saturated carbocycles. The predicted octanol–water partition coefficient (Wildman–Crippen LogP) is 3.16. The SMILES string of the molecule is CCOC(=O)c1c(CNC(=N)N)n(C)c2cc(C3=CCOc4ccccc43)ccc12. The molecule has 0 saturated heterocycles. The highest BCUT2D eigenvalue weighted by Gasteiger charge is 2.23. The number of carbonyl (C=O) groups excluding carboxylic acids is 1. The largest absolute Gasteiger partial charge is 0.489 e. The van der Waals surface area contributed by atoms with Crippen LogP contribution < -0.4 is 15.8 Å². The quantitative estimate of drug-likeness (QED) is 0.344. The lowest BCUT2D eigenvalue weighted by atomic mass is 9.94. The van der Waals surface area contributed by atoms with Crippen LogP contribution in [0.1, 0.15) is 34.1 Å². The molecule has 4 rings (SSSR count). The highest BCUT2D eigenvalue weighted by atomic mass is 16.5. The van der Waals surface area contributed by atoms with Crippen molar-refractivity contribution in [3.63, 3.8) is 0 Å². The van der Waals surface area contributed by atoms with Crippen LogP contribution in [0.4, 0.5) is 0 Å². The monoisotopic (exact) mass is 404 g/mol. The van der Waals surface area contributed by atoms with Crippen molar-refractivity contribution >= 4 is 28.4 Å². The molecule has 0 unspecified atom stereocenters. The number of fused-ring (bicyclic) bond motifs is 2. The molecule has 0 radical (unpaired) electrons. The van der Waals surface area contributed by atoms with Crippen molar-refractivity contribution in [1.29, 1.82) is 5.41 Å². The summed E-state index contributed by atoms with van der Waals surface area (Å²) in [6.07, 6.45) is 2.07. The molecule has 0 bridgehead atoms. The first-order chi connectivity index (χ1) is 14.5. The molecule has 1 aliphatic rings. The topological polar surface area (TPSA) is 102 Å². The molecule has 0 fully saturated rings. The van der Waals surface area contributed by atoms with Gasteiger partial charge in [-0.1, -0.05) is 30.3 Å². The number of aromatic nitrogens is 1. The Morgan fingerprint density at radius 2 is 2.10 bits per heavy atom. The molecule has 0 spiro atoms. The number of guanidine groups is 1. The van der Waals surface area contributed by atoms with E-state index in [0.717, 1.165) is 39.0 Å². The Bertz CT molecular complexity index is 1180. The van der Waals surface area contributed by atoms with Crippen LogP contribution >= 0.6 is 0 Å². The number of nitrogens with zero attached hydrogens (tertiary/aromatic N) is 1. The molecule has 0 atom stereocenters. The molecule has 1 aromatic heterocycles. The first kappa shape index (κ1) is 19.6. The van der Waals surface area contributed by atoms with E-state index in [1.165, 1.54) is 0 Å². The fraction of sp³-hybridized carbons (Fsp3) is 0.217. The molecule has 0 amide bonds. The Labute approximate surface area is 174 Å². The summed E-state index contributed by atoms with van der Waals surface area (Å²) in [5.74, 6) is 0.326. The first-order valence-electron chi connectivity index (χ1n) is 9.80. The summed E-state index contributed by atoms with van der Waals surface area (Å²) in [6.45, 7) is 2.84. The molecule has 154 valence electrons. The van der Waals surface area contributed by atoms with Gasteiger partial charge in [0.25, 0.3) is 0 Å². The second-order valence-electron chi connectivity index (χ2n) is 7.03. The predicted molar refractivity (Wildman–Crippen MR) is 117 cm³/mol. The van der Waals surface area contributed by atoms with E-state index >= 15 is 0 Å². The fourth-order valence-corrected chi connectivity index (χ4v) is 3.89. The van der Waals surface area contributed by atoms with E-state index < -0.39 is 0 Å². The summed E-state index contributed by atoms with van der Waals surface area (Å²) < 4.78 is 13.0. The van der Waals surface area contributed by atoms with E-state index in [2.05, 4.69) is 17.5 Å². The summed E-state index contributed by atoms with van der Waals surface area (Å²) in [7, 11) is 1.90. The number of benzene rings is 2. The molecule has 7 nitrogen and oxygen atoms in total. The van der Waals surface area contributed by atoms with Gasteiger partial charge in [0, 0.05) is 23.5 Å². The number of nitrogens with one attached hydrogen (secondary N) is 2. The summed E-state index contributed by atoms with van der Waals surface area (Å²) in [4.78, 5) is 12.7. The number of nitrogens with two attached hydrogens (primary N) is 1. The maximum Gasteiger partial charge on any atom is 0.340 e. The summed E-state index contributed by atoms with van der Waals surface area (Å²) in [6, 6.07) is 14.0. The highest BCUT2D eigenvalue weighted by molar-refractivity contribution is 6.07. The van der Waals surface area contributed by atoms with Gasteiger partial charge >= 0.3 is 5.97 Å². The third-order valence-corrected chi connectivity index (χ3v) is 5.26. The number of hydrogen-bond acceptors (Lipinski definition) is 4. The Kier molecular flexibility index (Phi) is 5.18. The Morgan fingerprint density at radius 1 is 1.30 bits per heavy atom. The average molecular weight is 404 g/mol. The summed E-state index contributed by atoms with van der Waals surface area (Å²) in [5.41, 5.74) is 10.8. The van der Waals surface area contributed by atoms with Gasteiger partial charge in [0.1, 0.15) is 12.4 Å². The minimum Gasteiger partial charge on any atom is -0.489 e. The first-order valence-corrected chi connectivity index (χ1v) is 9.80. The van der Waals surface area contributed by atoms with Crippen LogP contribution in [0.25, 0.3) is 16.5 Å². The van der Waals surface area contributed by atoms with E-state index in [-0.39, 0.29) is 25.1 Å². The number of rotatable bonds is 5. The van der Waals surface area contributed by atoms with Crippen molar-refractivity contribution in [3.05, 3.63) is 70.9 Å². The van der Waals surface area contributed by atoms with Gasteiger partial charge in [-0.25, -0.2) is 4.79 Å². The van der Waals surface area contributed by atoms with Crippen LogP contribution in [0.2, 0.25) is 0 Å². The molecule has 3 aromatic rings. The fourth-order valence-electron chi connectivity index (χ4n) is 3.89. The third kappa shape index (κ3) is 3.39. The number of esters is 1. The van der Waals surface area contributed by atoms with Gasteiger partial charge in [-0.3, -0.25) is 5.41 Å². The average Bonchev–Trinajstić information content (AvgIpc) is 3.03. The van der Waals surface area contributed by atoms with E-state index in [4.69, 9.17) is 20.6 Å². The van der Waals surface area contributed by atoms with E-state index in [9.17, 15) is 4.79 Å². The zero-order valence-electron chi connectivity index (χ0n) is 17.0. The van der Waals surface area contributed by atoms with Gasteiger partial charge in [-0.15, -0.1) is 0 Å². The molecule has 1 aliphatic heterocycles. The third-order valence-electron chi connectivity index (χ3n) is 5.26. The maximum atomic E-state index is 12.7. The van der Waals surface area contributed by atoms with Crippen LogP contribution in [-0.4, -0.2) is 29.7 Å². The molecule has 2 heterocycles. The van der Waals surface area contributed by atoms with Crippen LogP contribution in [0.3, 0.4) is 0 Å². The van der Waals surface area contributed by atoms with Crippen LogP contribution in [0, 0.1) is 5.41 Å². The molecule has 30 heavy (non-hydrogen) atoms. The number of aryl methyl sites for hydroxylation is 1. The number of carbonyl (C=O) groups is 1. The molecule has 7 heteroatoms. The highest BCUT2D eigenvalue weighted by Crippen LogP contribution is 2.36. The minimum absolute atomic E-state index is 0.153. The van der Waals surface area contributed by atoms with Gasteiger partial charge in [0.2, 0.25) is 0 Å². The van der Waals surface area contributed by atoms with Gasteiger partial charge in [0.15, 0.2) is 5.96 Å². The van der Waals surface area contributed by atoms with Crippen LogP contribution in [0.5, 0.6) is 5.75 Å². The zero-order chi connectivity index (χ0) is 21.3. The van der Waals surface area contributed by atoms with E-state index in [0.29, 0.717) is 12.2 Å². The molecular formula is C23H24N4O3. The number of ether oxygens (including phenoxy) is 2. The van der Waals surface area contributed by atoms with Crippen molar-refractivity contribution in [3.8, 4) is 5.75 Å². The second kappa shape index (κ2) is 7.94. The Hall–Kier alpha value is -3.74. The van der Waals surface area contributed by atoms with E-state index in [1.807, 2.05) is 48.0 Å². The maximum absolute atomic E-state index is 12.7. The van der Waals surface area contributed by atoms with Gasteiger partial charge < -0.3 is 25.1 Å². The van der Waals surface area contributed by atoms with Crippen LogP contribution in [-0.2, 0) is 18.3 Å². The van der Waals surface area contributed by atoms with Crippen molar-refractivity contribution < 1.29 is 14.3 Å². The van der Waals surface area contributed by atoms with E-state index in [1.54, 1.807) is 6.92 Å². The van der Waals surface area contributed by atoms with Crippen molar-refractivity contribution in [2.45, 2.75) is 13.5 Å². The normalized spacial score (nSPS) is 12.7. The number of para-hydroxylation sites is 1. The second-order valence-corrected chi connectivity index (χ2v) is 7.03. The molecule has 4 N–H and O–H groups in total. The summed E-state index contributed by atoms with van der Waals surface area (Å²) in [5, 5.41) is 11.1. The van der Waals surface area contributed by atoms with Crippen molar-refractivity contribution in [2.24, 2.45) is 12.8 Å². The van der Waals surface area contributed by atoms with Crippen molar-refractivity contribution in [2.75, 3.05) is 13.2 Å². The minimum atomic E-state index is -0.383. The lowest BCUT2D eigenvalue weighted by Crippen LogP contribution is -2.31. The van der Waals surface area contributed by atoms with Crippen LogP contribution in [0.15, 0.2) is 48.5 Å². The molecular weight excluding hydrogens is 380 g/mol. The lowest BCUT2D eigenvalue weighted by Gasteiger charge is -2.19. The standard InChI is InChI=1S/C23H24N4O3/c1-3-29-22(28)21-17-9-8-14(12-18(17)27(2)19(21)13-26-23(24)25)15-10-11-30-20-7-5-4-6-16(15)20/h4-10,12H,3,11,13H2,1-2H3,(H4,24,25,26). The lowest BCUT2D eigenvalue weighted by molar-refractivity contribution is 0.0527. The van der Waals surface area contributed by atoms with Crippen molar-refractivity contribution in [1.82, 2.24) is 9.88 Å². The number of hydrogen-bond donors (Lipinski definition) is 3. The van der Waals surface area contributed by atoms with Gasteiger partial charge in [-0.05, 0) is 36.3 Å². The molecule has 2 aromatic carbocycles. The Balaban J connectivity index is 1.85. The van der Waals surface area contributed by atoms with Gasteiger partial charge in [0.05, 0.1) is 24.4 Å². The molecule has 0 aliphatic carbocycles. The van der Waals surface area contributed by atoms with Gasteiger partial charge in [-0.2, -0.15) is 0 Å². The Morgan fingerprint density at radius 3 is 2.87 bits per heavy atom. The summed E-state index contributed by atoms with van der Waals surface area (Å²) >= 11 is 0. The zero-order valence-corrected chi connectivity index (χ0v) is 17.0. The smallest absolute Gasteiger partial charge is 0.340 e.